The van der Waals surface area contributed by atoms with Crippen molar-refractivity contribution in [1.82, 2.24) is 0 Å². The van der Waals surface area contributed by atoms with Gasteiger partial charge in [0, 0.05) is 0 Å². The Morgan fingerprint density at radius 2 is 0.867 bits per heavy atom. The molecule has 1 unspecified atom stereocenters. The Morgan fingerprint density at radius 1 is 0.511 bits per heavy atom. The first-order valence-electron chi connectivity index (χ1n) is 16.2. The van der Waals surface area contributed by atoms with Crippen LogP contribution in [0, 0.1) is 5.92 Å². The van der Waals surface area contributed by atoms with Crippen LogP contribution in [0.2, 0.25) is 0 Å². The summed E-state index contributed by atoms with van der Waals surface area (Å²) in [5, 5.41) is 0. The van der Waals surface area contributed by atoms with E-state index in [1.165, 1.54) is 0 Å². The molecule has 12 heteroatoms. The van der Waals surface area contributed by atoms with Gasteiger partial charge in [0.15, 0.2) is 0 Å². The first kappa shape index (κ1) is 40.9. The molecule has 260 valence electrons. The van der Waals surface area contributed by atoms with Crippen molar-refractivity contribution in [1.29, 1.82) is 0 Å². The molecule has 0 aromatic heterocycles. The molecule has 0 saturated heterocycles. The predicted octanol–water partition coefficient (Wildman–Crippen LogP) is 3.74. The minimum atomic E-state index is -0.358. The summed E-state index contributed by atoms with van der Waals surface area (Å²) in [5.74, 6) is -0.488. The minimum Gasteiger partial charge on any atom is -0.463 e. The molecule has 0 aliphatic carbocycles. The van der Waals surface area contributed by atoms with E-state index in [0.29, 0.717) is 111 Å². The second-order valence-corrected chi connectivity index (χ2v) is 9.82. The molecule has 0 aliphatic heterocycles. The number of carbonyl (C=O) groups excluding carboxylic acids is 2. The highest BCUT2D eigenvalue weighted by atomic mass is 16.6. The van der Waals surface area contributed by atoms with Crippen LogP contribution in [0.3, 0.4) is 0 Å². The van der Waals surface area contributed by atoms with Crippen molar-refractivity contribution < 1.29 is 57.0 Å². The fourth-order valence-corrected chi connectivity index (χ4v) is 3.75. The summed E-state index contributed by atoms with van der Waals surface area (Å²) >= 11 is 0. The number of unbranched alkanes of at least 4 members (excludes halogenated alkanes) is 1. The second kappa shape index (κ2) is 31.8. The Balaban J connectivity index is 1.69. The van der Waals surface area contributed by atoms with Crippen molar-refractivity contribution in [3.05, 3.63) is 35.9 Å². The summed E-state index contributed by atoms with van der Waals surface area (Å²) in [5.41, 5.74) is 0.524. The first-order valence-corrected chi connectivity index (χ1v) is 16.2. The minimum absolute atomic E-state index is 0.00652. The van der Waals surface area contributed by atoms with E-state index >= 15 is 0 Å². The Hall–Kier alpha value is -2.16. The van der Waals surface area contributed by atoms with Crippen LogP contribution in [0.25, 0.3) is 0 Å². The molecule has 0 fully saturated rings. The third-order valence-corrected chi connectivity index (χ3v) is 6.28. The molecule has 1 rings (SSSR count). The maximum Gasteiger partial charge on any atom is 0.338 e. The van der Waals surface area contributed by atoms with Gasteiger partial charge in [-0.1, -0.05) is 44.9 Å². The predicted molar refractivity (Wildman–Crippen MR) is 168 cm³/mol. The molecule has 0 aliphatic rings. The lowest BCUT2D eigenvalue weighted by Gasteiger charge is -2.13. The molecular formula is C33H56O12. The van der Waals surface area contributed by atoms with Gasteiger partial charge in [0.1, 0.15) is 13.2 Å². The Bertz CT molecular complexity index is 795. The van der Waals surface area contributed by atoms with Gasteiger partial charge in [0.2, 0.25) is 0 Å². The fraction of sp³-hybridized carbons (Fsp3) is 0.758. The SMILES string of the molecule is CCCCC(CC)C(=O)OCCOCCOCCOCCOCCOCCOCCOCCOCCOC(=O)c1ccccc1. The summed E-state index contributed by atoms with van der Waals surface area (Å²) in [7, 11) is 0. The van der Waals surface area contributed by atoms with Crippen LogP contribution in [0.15, 0.2) is 30.3 Å². The maximum absolute atomic E-state index is 12.0. The summed E-state index contributed by atoms with van der Waals surface area (Å²) in [4.78, 5) is 23.8. The third kappa shape index (κ3) is 25.7. The molecule has 12 nitrogen and oxygen atoms in total. The molecule has 1 aromatic rings. The number of rotatable bonds is 33. The lowest BCUT2D eigenvalue weighted by atomic mass is 10.00. The van der Waals surface area contributed by atoms with Gasteiger partial charge in [0.05, 0.1) is 117 Å². The fourth-order valence-electron chi connectivity index (χ4n) is 3.75. The van der Waals surface area contributed by atoms with Crippen LogP contribution in [0.4, 0.5) is 0 Å². The summed E-state index contributed by atoms with van der Waals surface area (Å²) in [6.07, 6.45) is 3.82. The summed E-state index contributed by atoms with van der Waals surface area (Å²) in [6, 6.07) is 8.84. The van der Waals surface area contributed by atoms with Crippen molar-refractivity contribution in [2.45, 2.75) is 39.5 Å². The highest BCUT2D eigenvalue weighted by molar-refractivity contribution is 5.89. The van der Waals surface area contributed by atoms with Crippen molar-refractivity contribution in [2.24, 2.45) is 5.92 Å². The summed E-state index contributed by atoms with van der Waals surface area (Å²) in [6.45, 7) is 11.9. The molecule has 0 heterocycles. The van der Waals surface area contributed by atoms with Gasteiger partial charge in [-0.2, -0.15) is 0 Å². The van der Waals surface area contributed by atoms with Crippen LogP contribution in [0.1, 0.15) is 49.9 Å². The number of benzene rings is 1. The van der Waals surface area contributed by atoms with Gasteiger partial charge >= 0.3 is 11.9 Å². The van der Waals surface area contributed by atoms with Crippen LogP contribution in [0.5, 0.6) is 0 Å². The van der Waals surface area contributed by atoms with Crippen molar-refractivity contribution in [3.63, 3.8) is 0 Å². The van der Waals surface area contributed by atoms with E-state index < -0.39 is 0 Å². The monoisotopic (exact) mass is 644 g/mol. The van der Waals surface area contributed by atoms with E-state index in [-0.39, 0.29) is 31.1 Å². The van der Waals surface area contributed by atoms with Crippen molar-refractivity contribution in [3.8, 4) is 0 Å². The van der Waals surface area contributed by atoms with E-state index in [1.807, 2.05) is 13.0 Å². The molecule has 0 bridgehead atoms. The molecule has 0 amide bonds. The highest BCUT2D eigenvalue weighted by Gasteiger charge is 2.17. The average molecular weight is 645 g/mol. The van der Waals surface area contributed by atoms with Crippen molar-refractivity contribution in [2.75, 3.05) is 119 Å². The number of hydrogen-bond donors (Lipinski definition) is 0. The van der Waals surface area contributed by atoms with E-state index in [0.717, 1.165) is 25.7 Å². The van der Waals surface area contributed by atoms with E-state index in [4.69, 9.17) is 47.4 Å². The van der Waals surface area contributed by atoms with Gasteiger partial charge in [0.25, 0.3) is 0 Å². The molecular weight excluding hydrogens is 588 g/mol. The van der Waals surface area contributed by atoms with Gasteiger partial charge in [-0.25, -0.2) is 4.79 Å². The largest absolute Gasteiger partial charge is 0.463 e. The number of carbonyl (C=O) groups is 2. The maximum atomic E-state index is 12.0. The van der Waals surface area contributed by atoms with Crippen molar-refractivity contribution >= 4 is 11.9 Å². The zero-order valence-corrected chi connectivity index (χ0v) is 27.4. The smallest absolute Gasteiger partial charge is 0.338 e. The highest BCUT2D eigenvalue weighted by Crippen LogP contribution is 2.14. The standard InChI is InChI=1S/C33H56O12/c1-3-5-9-30(4-2)32(34)44-28-26-42-24-22-40-20-18-38-16-14-36-12-13-37-15-17-39-19-21-41-23-25-43-27-29-45-33(35)31-10-7-6-8-11-31/h6-8,10-11,30H,3-5,9,12-29H2,1-2H3. The average Bonchev–Trinajstić information content (AvgIpc) is 3.06. The normalized spacial score (nSPS) is 11.9. The third-order valence-electron chi connectivity index (χ3n) is 6.28. The van der Waals surface area contributed by atoms with Crippen LogP contribution in [-0.4, -0.2) is 131 Å². The van der Waals surface area contributed by atoms with E-state index in [2.05, 4.69) is 6.92 Å². The zero-order valence-electron chi connectivity index (χ0n) is 27.4. The van der Waals surface area contributed by atoms with Crippen LogP contribution < -0.4 is 0 Å². The zero-order chi connectivity index (χ0) is 32.5. The number of esters is 2. The molecule has 0 spiro atoms. The first-order chi connectivity index (χ1) is 22.2. The number of ether oxygens (including phenoxy) is 10. The topological polar surface area (TPSA) is 126 Å². The summed E-state index contributed by atoms with van der Waals surface area (Å²) < 4.78 is 54.0. The molecule has 0 radical (unpaired) electrons. The molecule has 0 saturated carbocycles. The number of hydrogen-bond acceptors (Lipinski definition) is 12. The molecule has 0 N–H and O–H groups in total. The molecule has 45 heavy (non-hydrogen) atoms. The lowest BCUT2D eigenvalue weighted by molar-refractivity contribution is -0.150. The quantitative estimate of drug-likeness (QED) is 0.0817. The Kier molecular flexibility index (Phi) is 28.9. The van der Waals surface area contributed by atoms with Gasteiger partial charge < -0.3 is 47.4 Å². The van der Waals surface area contributed by atoms with Crippen LogP contribution >= 0.6 is 0 Å². The second-order valence-electron chi connectivity index (χ2n) is 9.82. The van der Waals surface area contributed by atoms with Gasteiger partial charge in [-0.3, -0.25) is 4.79 Å². The Labute approximate surface area is 269 Å². The van der Waals surface area contributed by atoms with Gasteiger partial charge in [-0.15, -0.1) is 0 Å². The molecule has 1 aromatic carbocycles. The Morgan fingerprint density at radius 3 is 1.22 bits per heavy atom. The molecule has 1 atom stereocenters. The van der Waals surface area contributed by atoms with Crippen LogP contribution in [-0.2, 0) is 52.2 Å². The van der Waals surface area contributed by atoms with E-state index in [1.54, 1.807) is 24.3 Å². The lowest BCUT2D eigenvalue weighted by Crippen LogP contribution is -2.20. The van der Waals surface area contributed by atoms with E-state index in [9.17, 15) is 9.59 Å². The van der Waals surface area contributed by atoms with Gasteiger partial charge in [-0.05, 0) is 25.0 Å².